The highest BCUT2D eigenvalue weighted by Gasteiger charge is 2.18. The summed E-state index contributed by atoms with van der Waals surface area (Å²) in [6, 6.07) is 1.39. The highest BCUT2D eigenvalue weighted by Crippen LogP contribution is 2.30. The van der Waals surface area contributed by atoms with Crippen LogP contribution in [0.15, 0.2) is 6.07 Å². The van der Waals surface area contributed by atoms with Crippen molar-refractivity contribution in [1.82, 2.24) is 15.2 Å². The molecule has 0 saturated heterocycles. The third kappa shape index (κ3) is 2.77. The van der Waals surface area contributed by atoms with E-state index in [1.807, 2.05) is 0 Å². The third-order valence-electron chi connectivity index (χ3n) is 3.03. The molecule has 0 saturated carbocycles. The van der Waals surface area contributed by atoms with Gasteiger partial charge in [0.25, 0.3) is 5.91 Å². The summed E-state index contributed by atoms with van der Waals surface area (Å²) in [6.07, 6.45) is 4.34. The molecule has 2 heterocycles. The lowest BCUT2D eigenvalue weighted by atomic mass is 10.0. The molecule has 0 fully saturated rings. The molecule has 20 heavy (non-hydrogen) atoms. The molecule has 0 aromatic carbocycles. The SMILES string of the molecule is O=C(Nc1nc2c(s1)CCCC2)c1cc(Cl)nnc1Cl. The van der Waals surface area contributed by atoms with E-state index >= 15 is 0 Å². The van der Waals surface area contributed by atoms with Gasteiger partial charge in [0.1, 0.15) is 0 Å². The molecule has 104 valence electrons. The topological polar surface area (TPSA) is 67.8 Å². The molecule has 8 heteroatoms. The number of rotatable bonds is 2. The molecular weight excluding hydrogens is 319 g/mol. The number of carbonyl (C=O) groups is 1. The number of thiazole rings is 1. The Kier molecular flexibility index (Phi) is 3.87. The number of nitrogens with zero attached hydrogens (tertiary/aromatic N) is 3. The number of fused-ring (bicyclic) bond motifs is 1. The van der Waals surface area contributed by atoms with Gasteiger partial charge < -0.3 is 0 Å². The van der Waals surface area contributed by atoms with Crippen molar-refractivity contribution in [3.8, 4) is 0 Å². The molecule has 0 spiro atoms. The molecule has 1 amide bonds. The van der Waals surface area contributed by atoms with Crippen molar-refractivity contribution < 1.29 is 4.79 Å². The summed E-state index contributed by atoms with van der Waals surface area (Å²) in [5.74, 6) is -0.377. The van der Waals surface area contributed by atoms with Gasteiger partial charge in [-0.2, -0.15) is 0 Å². The largest absolute Gasteiger partial charge is 0.298 e. The fourth-order valence-electron chi connectivity index (χ4n) is 2.08. The molecule has 1 N–H and O–H groups in total. The average molecular weight is 329 g/mol. The van der Waals surface area contributed by atoms with Crippen LogP contribution in [0.4, 0.5) is 5.13 Å². The first-order valence-corrected chi connectivity index (χ1v) is 7.69. The summed E-state index contributed by atoms with van der Waals surface area (Å²) < 4.78 is 0. The van der Waals surface area contributed by atoms with Gasteiger partial charge >= 0.3 is 0 Å². The second-order valence-electron chi connectivity index (χ2n) is 4.42. The van der Waals surface area contributed by atoms with E-state index in [1.165, 1.54) is 28.7 Å². The van der Waals surface area contributed by atoms with E-state index in [0.717, 1.165) is 25.0 Å². The summed E-state index contributed by atoms with van der Waals surface area (Å²) in [6.45, 7) is 0. The molecule has 0 aliphatic heterocycles. The van der Waals surface area contributed by atoms with Crippen LogP contribution in [-0.4, -0.2) is 21.1 Å². The van der Waals surface area contributed by atoms with E-state index in [9.17, 15) is 4.79 Å². The van der Waals surface area contributed by atoms with Crippen molar-refractivity contribution >= 4 is 45.6 Å². The van der Waals surface area contributed by atoms with E-state index in [0.29, 0.717) is 5.13 Å². The van der Waals surface area contributed by atoms with Crippen LogP contribution >= 0.6 is 34.5 Å². The normalized spacial score (nSPS) is 13.9. The fraction of sp³-hybridized carbons (Fsp3) is 0.333. The summed E-state index contributed by atoms with van der Waals surface area (Å²) >= 11 is 13.1. The second kappa shape index (κ2) is 5.63. The van der Waals surface area contributed by atoms with E-state index in [1.54, 1.807) is 0 Å². The van der Waals surface area contributed by atoms with Gasteiger partial charge in [0.05, 0.1) is 11.3 Å². The predicted octanol–water partition coefficient (Wildman–Crippen LogP) is 3.37. The van der Waals surface area contributed by atoms with E-state index in [4.69, 9.17) is 23.2 Å². The number of hydrogen-bond donors (Lipinski definition) is 1. The molecule has 0 bridgehead atoms. The zero-order valence-electron chi connectivity index (χ0n) is 10.3. The molecule has 5 nitrogen and oxygen atoms in total. The standard InChI is InChI=1S/C12H10Cl2N4OS/c13-9-5-6(10(14)18-17-9)11(19)16-12-15-7-3-1-2-4-8(7)20-12/h5H,1-4H2,(H,15,16,19). The van der Waals surface area contributed by atoms with E-state index in [2.05, 4.69) is 20.5 Å². The Morgan fingerprint density at radius 3 is 2.85 bits per heavy atom. The van der Waals surface area contributed by atoms with Crippen molar-refractivity contribution in [2.45, 2.75) is 25.7 Å². The Balaban J connectivity index is 1.82. The molecule has 2 aromatic heterocycles. The lowest BCUT2D eigenvalue weighted by molar-refractivity contribution is 0.102. The van der Waals surface area contributed by atoms with Gasteiger partial charge in [-0.05, 0) is 31.7 Å². The van der Waals surface area contributed by atoms with Crippen molar-refractivity contribution in [2.24, 2.45) is 0 Å². The molecule has 2 aromatic rings. The monoisotopic (exact) mass is 328 g/mol. The Morgan fingerprint density at radius 2 is 2.05 bits per heavy atom. The number of anilines is 1. The van der Waals surface area contributed by atoms with E-state index in [-0.39, 0.29) is 21.8 Å². The van der Waals surface area contributed by atoms with Crippen LogP contribution < -0.4 is 5.32 Å². The van der Waals surface area contributed by atoms with Crippen LogP contribution in [0.2, 0.25) is 10.3 Å². The maximum Gasteiger partial charge on any atom is 0.260 e. The van der Waals surface area contributed by atoms with Gasteiger partial charge in [-0.25, -0.2) is 4.98 Å². The van der Waals surface area contributed by atoms with Crippen molar-refractivity contribution in [1.29, 1.82) is 0 Å². The summed E-state index contributed by atoms with van der Waals surface area (Å²) in [4.78, 5) is 17.8. The van der Waals surface area contributed by atoms with Gasteiger partial charge in [0.2, 0.25) is 0 Å². The highest BCUT2D eigenvalue weighted by atomic mass is 35.5. The zero-order valence-corrected chi connectivity index (χ0v) is 12.6. The number of hydrogen-bond acceptors (Lipinski definition) is 5. The first kappa shape index (κ1) is 13.7. The Labute approximate surface area is 129 Å². The maximum absolute atomic E-state index is 12.1. The van der Waals surface area contributed by atoms with Gasteiger partial charge in [0, 0.05) is 4.88 Å². The lowest BCUT2D eigenvalue weighted by Crippen LogP contribution is -2.13. The minimum Gasteiger partial charge on any atom is -0.298 e. The minimum atomic E-state index is -0.377. The maximum atomic E-state index is 12.1. The Hall–Kier alpha value is -1.24. The predicted molar refractivity (Wildman–Crippen MR) is 78.8 cm³/mol. The third-order valence-corrected chi connectivity index (χ3v) is 4.57. The van der Waals surface area contributed by atoms with Crippen LogP contribution in [0.1, 0.15) is 33.8 Å². The Morgan fingerprint density at radius 1 is 1.25 bits per heavy atom. The first-order valence-electron chi connectivity index (χ1n) is 6.12. The highest BCUT2D eigenvalue weighted by molar-refractivity contribution is 7.15. The van der Waals surface area contributed by atoms with Crippen molar-refractivity contribution in [2.75, 3.05) is 5.32 Å². The molecule has 0 radical (unpaired) electrons. The van der Waals surface area contributed by atoms with Gasteiger partial charge in [0.15, 0.2) is 15.4 Å². The molecule has 0 unspecified atom stereocenters. The first-order chi connectivity index (χ1) is 9.63. The minimum absolute atomic E-state index is 0.0215. The lowest BCUT2D eigenvalue weighted by Gasteiger charge is -2.06. The zero-order chi connectivity index (χ0) is 14.1. The van der Waals surface area contributed by atoms with Gasteiger partial charge in [-0.1, -0.05) is 23.2 Å². The smallest absolute Gasteiger partial charge is 0.260 e. The van der Waals surface area contributed by atoms with Crippen LogP contribution in [0, 0.1) is 0 Å². The molecular formula is C12H10Cl2N4OS. The Bertz CT molecular complexity index is 650. The van der Waals surface area contributed by atoms with Crippen molar-refractivity contribution in [3.63, 3.8) is 0 Å². The van der Waals surface area contributed by atoms with Crippen LogP contribution in [-0.2, 0) is 12.8 Å². The van der Waals surface area contributed by atoms with Gasteiger partial charge in [-0.3, -0.25) is 10.1 Å². The van der Waals surface area contributed by atoms with Crippen LogP contribution in [0.25, 0.3) is 0 Å². The number of halogens is 2. The number of aromatic nitrogens is 3. The summed E-state index contributed by atoms with van der Waals surface area (Å²) in [5, 5.41) is 10.7. The van der Waals surface area contributed by atoms with Crippen LogP contribution in [0.3, 0.4) is 0 Å². The number of nitrogens with one attached hydrogen (secondary N) is 1. The summed E-state index contributed by atoms with van der Waals surface area (Å²) in [7, 11) is 0. The average Bonchev–Trinajstić information content (AvgIpc) is 2.83. The molecule has 3 rings (SSSR count). The van der Waals surface area contributed by atoms with Crippen molar-refractivity contribution in [3.05, 3.63) is 32.5 Å². The molecule has 1 aliphatic carbocycles. The van der Waals surface area contributed by atoms with Crippen LogP contribution in [0.5, 0.6) is 0 Å². The number of amides is 1. The van der Waals surface area contributed by atoms with E-state index < -0.39 is 0 Å². The fourth-order valence-corrected chi connectivity index (χ4v) is 3.45. The van der Waals surface area contributed by atoms with Gasteiger partial charge in [-0.15, -0.1) is 21.5 Å². The molecule has 0 atom stereocenters. The summed E-state index contributed by atoms with van der Waals surface area (Å²) in [5.41, 5.74) is 1.29. The number of aryl methyl sites for hydroxylation is 2. The number of carbonyl (C=O) groups excluding carboxylic acids is 1. The second-order valence-corrected chi connectivity index (χ2v) is 6.25. The quantitative estimate of drug-likeness (QED) is 0.917. The molecule has 1 aliphatic rings.